The van der Waals surface area contributed by atoms with Crippen molar-refractivity contribution in [3.8, 4) is 0 Å². The van der Waals surface area contributed by atoms with Gasteiger partial charge in [0.05, 0.1) is 30.2 Å². The van der Waals surface area contributed by atoms with Gasteiger partial charge in [0.15, 0.2) is 11.6 Å². The van der Waals surface area contributed by atoms with Crippen molar-refractivity contribution >= 4 is 39.9 Å². The van der Waals surface area contributed by atoms with E-state index in [1.165, 1.54) is 12.1 Å². The van der Waals surface area contributed by atoms with Gasteiger partial charge >= 0.3 is 0 Å². The smallest absolute Gasteiger partial charge is 0.277 e. The van der Waals surface area contributed by atoms with E-state index >= 15 is 0 Å². The van der Waals surface area contributed by atoms with E-state index in [1.54, 1.807) is 6.07 Å². The SMILES string of the molecule is CCOCCONC(=O)c1cc(F)c(F)cc1Nc1ccc(I)cc1F. The summed E-state index contributed by atoms with van der Waals surface area (Å²) in [6.45, 7) is 2.64. The number of benzene rings is 2. The fourth-order valence-electron chi connectivity index (χ4n) is 1.99. The van der Waals surface area contributed by atoms with Crippen molar-refractivity contribution in [2.75, 3.05) is 25.1 Å². The minimum atomic E-state index is -1.21. The molecule has 0 heterocycles. The van der Waals surface area contributed by atoms with Crippen molar-refractivity contribution in [3.63, 3.8) is 0 Å². The largest absolute Gasteiger partial charge is 0.379 e. The number of nitrogens with one attached hydrogen (secondary N) is 2. The molecule has 1 amide bonds. The van der Waals surface area contributed by atoms with Crippen LogP contribution in [-0.4, -0.2) is 25.7 Å². The van der Waals surface area contributed by atoms with Gasteiger partial charge in [-0.05, 0) is 53.8 Å². The van der Waals surface area contributed by atoms with E-state index in [1.807, 2.05) is 29.5 Å². The van der Waals surface area contributed by atoms with Crippen LogP contribution in [0.3, 0.4) is 0 Å². The third kappa shape index (κ3) is 5.58. The van der Waals surface area contributed by atoms with Crippen LogP contribution < -0.4 is 10.8 Å². The van der Waals surface area contributed by atoms with Crippen molar-refractivity contribution < 1.29 is 27.5 Å². The quantitative estimate of drug-likeness (QED) is 0.339. The first-order valence-corrected chi connectivity index (χ1v) is 8.71. The van der Waals surface area contributed by atoms with E-state index in [-0.39, 0.29) is 30.2 Å². The molecule has 5 nitrogen and oxygen atoms in total. The standard InChI is InChI=1S/C17H16F3IN2O3/c1-2-25-5-6-26-23-17(24)11-8-12(18)13(19)9-16(11)22-15-4-3-10(21)7-14(15)20/h3-4,7-9,22H,2,5-6H2,1H3,(H,23,24). The summed E-state index contributed by atoms with van der Waals surface area (Å²) >= 11 is 1.94. The number of hydroxylamine groups is 1. The Bertz CT molecular complexity index is 790. The second kappa shape index (κ2) is 9.74. The minimum Gasteiger partial charge on any atom is -0.379 e. The van der Waals surface area contributed by atoms with Gasteiger partial charge in [0, 0.05) is 16.2 Å². The summed E-state index contributed by atoms with van der Waals surface area (Å²) in [5.41, 5.74) is 1.79. The lowest BCUT2D eigenvalue weighted by atomic mass is 10.1. The number of halogens is 4. The summed E-state index contributed by atoms with van der Waals surface area (Å²) in [5.74, 6) is -3.79. The third-order valence-corrected chi connectivity index (χ3v) is 3.88. The number of amides is 1. The zero-order valence-corrected chi connectivity index (χ0v) is 15.9. The molecule has 0 aliphatic carbocycles. The summed E-state index contributed by atoms with van der Waals surface area (Å²) in [7, 11) is 0. The second-order valence-electron chi connectivity index (χ2n) is 5.04. The number of carbonyl (C=O) groups excluding carboxylic acids is 1. The van der Waals surface area contributed by atoms with E-state index in [0.29, 0.717) is 16.2 Å². The molecular weight excluding hydrogens is 464 g/mol. The molecule has 0 saturated heterocycles. The van der Waals surface area contributed by atoms with Gasteiger partial charge in [0.2, 0.25) is 0 Å². The van der Waals surface area contributed by atoms with Gasteiger partial charge in [0.1, 0.15) is 5.82 Å². The predicted molar refractivity (Wildman–Crippen MR) is 98.7 cm³/mol. The Morgan fingerprint density at radius 2 is 1.77 bits per heavy atom. The maximum absolute atomic E-state index is 14.0. The lowest BCUT2D eigenvalue weighted by Gasteiger charge is -2.14. The fraction of sp³-hybridized carbons (Fsp3) is 0.235. The van der Waals surface area contributed by atoms with Gasteiger partial charge in [-0.15, -0.1) is 0 Å². The molecule has 2 aromatic carbocycles. The van der Waals surface area contributed by atoms with Crippen LogP contribution in [0.25, 0.3) is 0 Å². The monoisotopic (exact) mass is 480 g/mol. The normalized spacial score (nSPS) is 10.7. The second-order valence-corrected chi connectivity index (χ2v) is 6.28. The molecule has 26 heavy (non-hydrogen) atoms. The van der Waals surface area contributed by atoms with Crippen LogP contribution in [0.4, 0.5) is 24.5 Å². The van der Waals surface area contributed by atoms with Crippen LogP contribution in [0, 0.1) is 21.0 Å². The first kappa shape index (κ1) is 20.5. The van der Waals surface area contributed by atoms with Gasteiger partial charge in [-0.1, -0.05) is 0 Å². The molecule has 0 atom stereocenters. The van der Waals surface area contributed by atoms with Gasteiger partial charge in [-0.2, -0.15) is 0 Å². The van der Waals surface area contributed by atoms with E-state index in [9.17, 15) is 18.0 Å². The van der Waals surface area contributed by atoms with Crippen LogP contribution in [0.1, 0.15) is 17.3 Å². The molecule has 2 N–H and O–H groups in total. The topological polar surface area (TPSA) is 59.6 Å². The van der Waals surface area contributed by atoms with E-state index in [0.717, 1.165) is 6.07 Å². The molecule has 9 heteroatoms. The van der Waals surface area contributed by atoms with Crippen LogP contribution >= 0.6 is 22.6 Å². The Hall–Kier alpha value is -1.85. The molecule has 0 unspecified atom stereocenters. The highest BCUT2D eigenvalue weighted by molar-refractivity contribution is 14.1. The summed E-state index contributed by atoms with van der Waals surface area (Å²) in [4.78, 5) is 17.1. The Kier molecular flexibility index (Phi) is 7.66. The van der Waals surface area contributed by atoms with Gasteiger partial charge in [0.25, 0.3) is 5.91 Å². The Balaban J connectivity index is 2.20. The van der Waals surface area contributed by atoms with Crippen LogP contribution in [0.15, 0.2) is 30.3 Å². The number of hydrogen-bond acceptors (Lipinski definition) is 4. The van der Waals surface area contributed by atoms with Gasteiger partial charge in [-0.25, -0.2) is 18.7 Å². The number of rotatable bonds is 8. The average molecular weight is 480 g/mol. The first-order chi connectivity index (χ1) is 12.4. The van der Waals surface area contributed by atoms with Gasteiger partial charge in [-0.3, -0.25) is 9.63 Å². The van der Waals surface area contributed by atoms with E-state index in [4.69, 9.17) is 9.57 Å². The molecule has 140 valence electrons. The number of carbonyl (C=O) groups is 1. The van der Waals surface area contributed by atoms with Crippen molar-refractivity contribution in [1.29, 1.82) is 0 Å². The number of anilines is 2. The van der Waals surface area contributed by atoms with E-state index < -0.39 is 23.4 Å². The molecule has 0 fully saturated rings. The molecule has 0 aromatic heterocycles. The molecule has 0 spiro atoms. The lowest BCUT2D eigenvalue weighted by Crippen LogP contribution is -2.26. The maximum atomic E-state index is 14.0. The molecule has 0 bridgehead atoms. The van der Waals surface area contributed by atoms with Crippen molar-refractivity contribution in [2.45, 2.75) is 6.92 Å². The van der Waals surface area contributed by atoms with Crippen molar-refractivity contribution in [3.05, 3.63) is 56.9 Å². The Morgan fingerprint density at radius 3 is 2.46 bits per heavy atom. The molecule has 0 aliphatic rings. The molecule has 0 radical (unpaired) electrons. The average Bonchev–Trinajstić information content (AvgIpc) is 2.60. The maximum Gasteiger partial charge on any atom is 0.277 e. The zero-order valence-electron chi connectivity index (χ0n) is 13.7. The predicted octanol–water partition coefficient (Wildman–Crippen LogP) is 4.15. The summed E-state index contributed by atoms with van der Waals surface area (Å²) in [6, 6.07) is 5.81. The molecule has 0 saturated carbocycles. The van der Waals surface area contributed by atoms with E-state index in [2.05, 4.69) is 10.8 Å². The van der Waals surface area contributed by atoms with Crippen LogP contribution in [0.5, 0.6) is 0 Å². The number of ether oxygens (including phenoxy) is 1. The fourth-order valence-corrected chi connectivity index (χ4v) is 2.44. The molecule has 0 aliphatic heterocycles. The van der Waals surface area contributed by atoms with Crippen molar-refractivity contribution in [2.24, 2.45) is 0 Å². The third-order valence-electron chi connectivity index (χ3n) is 3.20. The summed E-state index contributed by atoms with van der Waals surface area (Å²) < 4.78 is 46.9. The van der Waals surface area contributed by atoms with Gasteiger partial charge < -0.3 is 10.1 Å². The summed E-state index contributed by atoms with van der Waals surface area (Å²) in [5, 5.41) is 2.60. The first-order valence-electron chi connectivity index (χ1n) is 7.63. The molecule has 2 rings (SSSR count). The molecular formula is C17H16F3IN2O3. The van der Waals surface area contributed by atoms with Crippen LogP contribution in [-0.2, 0) is 9.57 Å². The highest BCUT2D eigenvalue weighted by Crippen LogP contribution is 2.26. The summed E-state index contributed by atoms with van der Waals surface area (Å²) in [6.07, 6.45) is 0. The highest BCUT2D eigenvalue weighted by Gasteiger charge is 2.17. The van der Waals surface area contributed by atoms with Crippen LogP contribution in [0.2, 0.25) is 0 Å². The highest BCUT2D eigenvalue weighted by atomic mass is 127. The Morgan fingerprint density at radius 1 is 1.04 bits per heavy atom. The lowest BCUT2D eigenvalue weighted by molar-refractivity contribution is 0.00168. The zero-order chi connectivity index (χ0) is 19.1. The molecule has 2 aromatic rings. The minimum absolute atomic E-state index is 0.0164. The van der Waals surface area contributed by atoms with Crippen molar-refractivity contribution in [1.82, 2.24) is 5.48 Å². The number of hydrogen-bond donors (Lipinski definition) is 2. The Labute approximate surface area is 162 Å².